The SMILES string of the molecule is Cc1ccccc1C(C)CC(=O)NC1CCCNC1C. The van der Waals surface area contributed by atoms with E-state index in [0.717, 1.165) is 19.4 Å². The van der Waals surface area contributed by atoms with Gasteiger partial charge in [0.2, 0.25) is 5.91 Å². The molecule has 0 bridgehead atoms. The van der Waals surface area contributed by atoms with E-state index in [9.17, 15) is 4.79 Å². The molecule has 1 heterocycles. The van der Waals surface area contributed by atoms with Crippen LogP contribution in [0.25, 0.3) is 0 Å². The van der Waals surface area contributed by atoms with Crippen LogP contribution in [0.5, 0.6) is 0 Å². The minimum absolute atomic E-state index is 0.168. The zero-order chi connectivity index (χ0) is 14.5. The van der Waals surface area contributed by atoms with E-state index in [1.165, 1.54) is 11.1 Å². The zero-order valence-electron chi connectivity index (χ0n) is 12.8. The van der Waals surface area contributed by atoms with Crippen LogP contribution in [0.3, 0.4) is 0 Å². The van der Waals surface area contributed by atoms with Gasteiger partial charge < -0.3 is 10.6 Å². The summed E-state index contributed by atoms with van der Waals surface area (Å²) in [5.41, 5.74) is 2.54. The van der Waals surface area contributed by atoms with Crippen LogP contribution in [0.1, 0.15) is 50.2 Å². The van der Waals surface area contributed by atoms with Gasteiger partial charge in [0.1, 0.15) is 0 Å². The summed E-state index contributed by atoms with van der Waals surface area (Å²) >= 11 is 0. The van der Waals surface area contributed by atoms with Crippen LogP contribution in [0.4, 0.5) is 0 Å². The van der Waals surface area contributed by atoms with E-state index in [0.29, 0.717) is 12.5 Å². The summed E-state index contributed by atoms with van der Waals surface area (Å²) in [5.74, 6) is 0.435. The lowest BCUT2D eigenvalue weighted by Crippen LogP contribution is -2.52. The minimum atomic E-state index is 0.168. The molecule has 3 atom stereocenters. The van der Waals surface area contributed by atoms with Gasteiger partial charge in [-0.2, -0.15) is 0 Å². The largest absolute Gasteiger partial charge is 0.352 e. The Hall–Kier alpha value is -1.35. The van der Waals surface area contributed by atoms with Gasteiger partial charge in [-0.1, -0.05) is 31.2 Å². The Morgan fingerprint density at radius 1 is 1.45 bits per heavy atom. The molecule has 2 rings (SSSR count). The quantitative estimate of drug-likeness (QED) is 0.886. The first-order valence-corrected chi connectivity index (χ1v) is 7.66. The first-order valence-electron chi connectivity index (χ1n) is 7.66. The highest BCUT2D eigenvalue weighted by Gasteiger charge is 2.23. The zero-order valence-corrected chi connectivity index (χ0v) is 12.8. The van der Waals surface area contributed by atoms with Crippen LogP contribution in [0, 0.1) is 6.92 Å². The number of amides is 1. The number of carbonyl (C=O) groups excluding carboxylic acids is 1. The van der Waals surface area contributed by atoms with Gasteiger partial charge in [-0.25, -0.2) is 0 Å². The molecule has 1 saturated heterocycles. The Bertz CT molecular complexity index is 458. The third kappa shape index (κ3) is 3.83. The van der Waals surface area contributed by atoms with Crippen molar-refractivity contribution in [1.82, 2.24) is 10.6 Å². The van der Waals surface area contributed by atoms with Crippen LogP contribution < -0.4 is 10.6 Å². The number of nitrogens with one attached hydrogen (secondary N) is 2. The van der Waals surface area contributed by atoms with E-state index in [1.807, 2.05) is 12.1 Å². The number of aryl methyl sites for hydroxylation is 1. The van der Waals surface area contributed by atoms with Crippen molar-refractivity contribution in [2.75, 3.05) is 6.54 Å². The number of piperidine rings is 1. The van der Waals surface area contributed by atoms with Crippen LogP contribution in [-0.4, -0.2) is 24.5 Å². The highest BCUT2D eigenvalue weighted by atomic mass is 16.1. The molecule has 0 aromatic heterocycles. The average molecular weight is 274 g/mol. The van der Waals surface area contributed by atoms with Crippen molar-refractivity contribution in [3.05, 3.63) is 35.4 Å². The topological polar surface area (TPSA) is 41.1 Å². The number of rotatable bonds is 4. The molecular formula is C17H26N2O. The maximum atomic E-state index is 12.2. The monoisotopic (exact) mass is 274 g/mol. The van der Waals surface area contributed by atoms with Gasteiger partial charge in [-0.15, -0.1) is 0 Å². The van der Waals surface area contributed by atoms with E-state index in [4.69, 9.17) is 0 Å². The molecule has 0 radical (unpaired) electrons. The fourth-order valence-electron chi connectivity index (χ4n) is 3.03. The lowest BCUT2D eigenvalue weighted by Gasteiger charge is -2.31. The van der Waals surface area contributed by atoms with Gasteiger partial charge in [0.25, 0.3) is 0 Å². The smallest absolute Gasteiger partial charge is 0.220 e. The fourth-order valence-corrected chi connectivity index (χ4v) is 3.03. The van der Waals surface area contributed by atoms with Crippen LogP contribution in [-0.2, 0) is 4.79 Å². The first-order chi connectivity index (χ1) is 9.58. The van der Waals surface area contributed by atoms with Crippen LogP contribution in [0.15, 0.2) is 24.3 Å². The number of hydrogen-bond acceptors (Lipinski definition) is 2. The molecule has 0 spiro atoms. The van der Waals surface area contributed by atoms with Gasteiger partial charge in [-0.05, 0) is 50.3 Å². The van der Waals surface area contributed by atoms with Crippen molar-refractivity contribution in [2.45, 2.75) is 58.0 Å². The Morgan fingerprint density at radius 3 is 2.90 bits per heavy atom. The lowest BCUT2D eigenvalue weighted by molar-refractivity contribution is -0.122. The summed E-state index contributed by atoms with van der Waals surface area (Å²) in [5, 5.41) is 6.60. The lowest BCUT2D eigenvalue weighted by atomic mass is 9.93. The van der Waals surface area contributed by atoms with E-state index in [2.05, 4.69) is 43.5 Å². The summed E-state index contributed by atoms with van der Waals surface area (Å²) in [4.78, 5) is 12.2. The van der Waals surface area contributed by atoms with Crippen molar-refractivity contribution in [1.29, 1.82) is 0 Å². The molecule has 20 heavy (non-hydrogen) atoms. The summed E-state index contributed by atoms with van der Waals surface area (Å²) in [6.45, 7) is 7.45. The Balaban J connectivity index is 1.89. The molecule has 3 heteroatoms. The maximum Gasteiger partial charge on any atom is 0.220 e. The van der Waals surface area contributed by atoms with Crippen LogP contribution >= 0.6 is 0 Å². The Morgan fingerprint density at radius 2 is 2.20 bits per heavy atom. The van der Waals surface area contributed by atoms with E-state index in [-0.39, 0.29) is 17.9 Å². The highest BCUT2D eigenvalue weighted by Crippen LogP contribution is 2.22. The number of hydrogen-bond donors (Lipinski definition) is 2. The normalized spacial score (nSPS) is 24.1. The maximum absolute atomic E-state index is 12.2. The van der Waals surface area contributed by atoms with Crippen LogP contribution in [0.2, 0.25) is 0 Å². The van der Waals surface area contributed by atoms with Crippen molar-refractivity contribution in [3.63, 3.8) is 0 Å². The molecule has 1 aromatic carbocycles. The molecule has 110 valence electrons. The molecule has 1 aliphatic rings. The van der Waals surface area contributed by atoms with Gasteiger partial charge in [0.15, 0.2) is 0 Å². The molecule has 1 aliphatic heterocycles. The predicted molar refractivity (Wildman–Crippen MR) is 82.8 cm³/mol. The predicted octanol–water partition coefficient (Wildman–Crippen LogP) is 2.75. The van der Waals surface area contributed by atoms with E-state index < -0.39 is 0 Å². The molecule has 1 amide bonds. The fraction of sp³-hybridized carbons (Fsp3) is 0.588. The van der Waals surface area contributed by atoms with Crippen molar-refractivity contribution < 1.29 is 4.79 Å². The Kier molecular flexibility index (Phi) is 5.18. The molecule has 0 aliphatic carbocycles. The second kappa shape index (κ2) is 6.89. The first kappa shape index (κ1) is 15.0. The van der Waals surface area contributed by atoms with E-state index >= 15 is 0 Å². The summed E-state index contributed by atoms with van der Waals surface area (Å²) in [6, 6.07) is 8.97. The highest BCUT2D eigenvalue weighted by molar-refractivity contribution is 5.77. The van der Waals surface area contributed by atoms with Gasteiger partial charge in [0, 0.05) is 18.5 Å². The van der Waals surface area contributed by atoms with Gasteiger partial charge in [0.05, 0.1) is 0 Å². The second-order valence-corrected chi connectivity index (χ2v) is 6.02. The molecule has 1 fully saturated rings. The van der Waals surface area contributed by atoms with Gasteiger partial charge in [-0.3, -0.25) is 4.79 Å². The third-order valence-electron chi connectivity index (χ3n) is 4.32. The Labute approximate surface area is 122 Å². The molecular weight excluding hydrogens is 248 g/mol. The molecule has 3 nitrogen and oxygen atoms in total. The van der Waals surface area contributed by atoms with Crippen molar-refractivity contribution in [3.8, 4) is 0 Å². The van der Waals surface area contributed by atoms with Gasteiger partial charge >= 0.3 is 0 Å². The summed E-state index contributed by atoms with van der Waals surface area (Å²) in [7, 11) is 0. The molecule has 3 unspecified atom stereocenters. The number of benzene rings is 1. The molecule has 2 N–H and O–H groups in total. The van der Waals surface area contributed by atoms with Crippen molar-refractivity contribution >= 4 is 5.91 Å². The summed E-state index contributed by atoms with van der Waals surface area (Å²) < 4.78 is 0. The molecule has 0 saturated carbocycles. The third-order valence-corrected chi connectivity index (χ3v) is 4.32. The molecule has 1 aromatic rings. The summed E-state index contributed by atoms with van der Waals surface area (Å²) in [6.07, 6.45) is 2.79. The minimum Gasteiger partial charge on any atom is -0.352 e. The average Bonchev–Trinajstić information content (AvgIpc) is 2.41. The van der Waals surface area contributed by atoms with E-state index in [1.54, 1.807) is 0 Å². The second-order valence-electron chi connectivity index (χ2n) is 6.02. The van der Waals surface area contributed by atoms with Crippen molar-refractivity contribution in [2.24, 2.45) is 0 Å². The standard InChI is InChI=1S/C17H26N2O/c1-12-7-4-5-8-15(12)13(2)11-17(20)19-16-9-6-10-18-14(16)3/h4-5,7-8,13-14,16,18H,6,9-11H2,1-3H3,(H,19,20). The number of carbonyl (C=O) groups is 1.